The minimum Gasteiger partial charge on any atom is -0.508 e. The molecule has 1 fully saturated rings. The van der Waals surface area contributed by atoms with E-state index in [4.69, 9.17) is 4.99 Å². The lowest BCUT2D eigenvalue weighted by Gasteiger charge is -2.37. The van der Waals surface area contributed by atoms with Crippen LogP contribution >= 0.6 is 35.3 Å². The van der Waals surface area contributed by atoms with Gasteiger partial charge < -0.3 is 20.2 Å². The smallest absolute Gasteiger partial charge is 0.194 e. The molecule has 2 N–H and O–H groups in total. The normalized spacial score (nSPS) is 15.0. The summed E-state index contributed by atoms with van der Waals surface area (Å²) in [5, 5.41) is 16.4. The number of phenolic OH excluding ortho intramolecular Hbond substituents is 1. The average molecular weight is 472 g/mol. The van der Waals surface area contributed by atoms with Crippen LogP contribution in [0.4, 0.5) is 5.00 Å². The number of guanidine groups is 1. The van der Waals surface area contributed by atoms with E-state index in [-0.39, 0.29) is 29.7 Å². The summed E-state index contributed by atoms with van der Waals surface area (Å²) in [4.78, 5) is 9.49. The fourth-order valence-electron chi connectivity index (χ4n) is 2.84. The highest BCUT2D eigenvalue weighted by molar-refractivity contribution is 14.0. The maximum Gasteiger partial charge on any atom is 0.194 e. The van der Waals surface area contributed by atoms with Crippen LogP contribution in [0.2, 0.25) is 0 Å². The van der Waals surface area contributed by atoms with Crippen molar-refractivity contribution in [3.05, 3.63) is 47.3 Å². The number of piperazine rings is 1. The molecule has 1 aliphatic heterocycles. The van der Waals surface area contributed by atoms with E-state index in [2.05, 4.69) is 39.6 Å². The molecule has 0 atom stereocenters. The van der Waals surface area contributed by atoms with E-state index < -0.39 is 0 Å². The van der Waals surface area contributed by atoms with Crippen LogP contribution in [-0.2, 0) is 6.54 Å². The number of phenols is 1. The maximum atomic E-state index is 9.57. The number of thiophene rings is 1. The molecule has 1 aromatic carbocycles. The zero-order chi connectivity index (χ0) is 16.8. The fourth-order valence-corrected chi connectivity index (χ4v) is 3.62. The lowest BCUT2D eigenvalue weighted by molar-refractivity contribution is 0.373. The lowest BCUT2D eigenvalue weighted by Crippen LogP contribution is -2.52. The Kier molecular flexibility index (Phi) is 7.83. The number of aromatic hydroxyl groups is 1. The quantitative estimate of drug-likeness (QED) is 0.407. The second-order valence-electron chi connectivity index (χ2n) is 5.77. The van der Waals surface area contributed by atoms with E-state index in [0.717, 1.165) is 44.2 Å². The van der Waals surface area contributed by atoms with Crippen LogP contribution in [0.3, 0.4) is 0 Å². The Morgan fingerprint density at radius 3 is 2.64 bits per heavy atom. The van der Waals surface area contributed by atoms with Gasteiger partial charge in [-0.15, -0.1) is 35.3 Å². The third-order valence-corrected chi connectivity index (χ3v) is 4.98. The highest BCUT2D eigenvalue weighted by Crippen LogP contribution is 2.22. The third kappa shape index (κ3) is 5.50. The summed E-state index contributed by atoms with van der Waals surface area (Å²) in [6, 6.07) is 11.6. The summed E-state index contributed by atoms with van der Waals surface area (Å²) < 4.78 is 0. The highest BCUT2D eigenvalue weighted by Gasteiger charge is 2.20. The molecule has 2 heterocycles. The predicted octanol–water partition coefficient (Wildman–Crippen LogP) is 3.36. The predicted molar refractivity (Wildman–Crippen MR) is 116 cm³/mol. The van der Waals surface area contributed by atoms with Crippen LogP contribution in [0.25, 0.3) is 0 Å². The van der Waals surface area contributed by atoms with Gasteiger partial charge in [0.1, 0.15) is 5.75 Å². The molecule has 7 heteroatoms. The summed E-state index contributed by atoms with van der Waals surface area (Å²) in [6.45, 7) is 7.46. The van der Waals surface area contributed by atoms with E-state index in [1.54, 1.807) is 23.5 Å². The van der Waals surface area contributed by atoms with Gasteiger partial charge in [-0.2, -0.15) is 0 Å². The summed E-state index contributed by atoms with van der Waals surface area (Å²) in [5.74, 6) is 1.24. The van der Waals surface area contributed by atoms with Gasteiger partial charge in [-0.25, -0.2) is 4.99 Å². The van der Waals surface area contributed by atoms with Crippen LogP contribution < -0.4 is 10.2 Å². The fraction of sp³-hybridized carbons (Fsp3) is 0.389. The Bertz CT molecular complexity index is 669. The topological polar surface area (TPSA) is 51.1 Å². The third-order valence-electron chi connectivity index (χ3n) is 4.05. The van der Waals surface area contributed by atoms with Crippen molar-refractivity contribution in [2.24, 2.45) is 4.99 Å². The van der Waals surface area contributed by atoms with E-state index in [0.29, 0.717) is 6.54 Å². The Labute approximate surface area is 170 Å². The van der Waals surface area contributed by atoms with E-state index in [1.807, 2.05) is 12.1 Å². The molecule has 0 aliphatic carbocycles. The highest BCUT2D eigenvalue weighted by atomic mass is 127. The number of nitrogens with zero attached hydrogens (tertiary/aromatic N) is 3. The standard InChI is InChI=1S/C18H24N4OS.HI/c1-2-19-18(20-14-15-5-3-6-16(23)13-15)22-10-8-21(9-11-22)17-7-4-12-24-17;/h3-7,12-13,23H,2,8-11,14H2,1H3,(H,19,20);1H. The number of aliphatic imine (C=N–C) groups is 1. The molecule has 1 aliphatic rings. The monoisotopic (exact) mass is 472 g/mol. The van der Waals surface area contributed by atoms with Crippen LogP contribution in [0.5, 0.6) is 5.75 Å². The number of nitrogens with one attached hydrogen (secondary N) is 1. The molecule has 0 bridgehead atoms. The van der Waals surface area contributed by atoms with Gasteiger partial charge in [0.05, 0.1) is 11.5 Å². The van der Waals surface area contributed by atoms with Gasteiger partial charge in [0.15, 0.2) is 5.96 Å². The Morgan fingerprint density at radius 1 is 1.20 bits per heavy atom. The van der Waals surface area contributed by atoms with Crippen LogP contribution in [0.15, 0.2) is 46.8 Å². The minimum absolute atomic E-state index is 0. The Hall–Kier alpha value is -1.48. The van der Waals surface area contributed by atoms with Crippen LogP contribution in [0, 0.1) is 0 Å². The molecule has 0 amide bonds. The molecule has 25 heavy (non-hydrogen) atoms. The van der Waals surface area contributed by atoms with Crippen LogP contribution in [0.1, 0.15) is 12.5 Å². The molecule has 0 unspecified atom stereocenters. The second-order valence-corrected chi connectivity index (χ2v) is 6.69. The van der Waals surface area contributed by atoms with Crippen molar-refractivity contribution in [3.8, 4) is 5.75 Å². The molecule has 136 valence electrons. The van der Waals surface area contributed by atoms with Crippen LogP contribution in [-0.4, -0.2) is 48.7 Å². The zero-order valence-corrected chi connectivity index (χ0v) is 17.5. The summed E-state index contributed by atoms with van der Waals surface area (Å²) in [5.41, 5.74) is 1.02. The van der Waals surface area contributed by atoms with Crippen molar-refractivity contribution in [1.82, 2.24) is 10.2 Å². The van der Waals surface area contributed by atoms with E-state index in [9.17, 15) is 5.11 Å². The molecule has 5 nitrogen and oxygen atoms in total. The number of benzene rings is 1. The number of hydrogen-bond acceptors (Lipinski definition) is 4. The van der Waals surface area contributed by atoms with Crippen molar-refractivity contribution in [1.29, 1.82) is 0 Å². The van der Waals surface area contributed by atoms with Gasteiger partial charge in [-0.1, -0.05) is 12.1 Å². The summed E-state index contributed by atoms with van der Waals surface area (Å²) >= 11 is 1.80. The van der Waals surface area contributed by atoms with Crippen molar-refractivity contribution < 1.29 is 5.11 Å². The number of hydrogen-bond donors (Lipinski definition) is 2. The number of rotatable bonds is 4. The van der Waals surface area contributed by atoms with Gasteiger partial charge >= 0.3 is 0 Å². The van der Waals surface area contributed by atoms with Gasteiger partial charge in [-0.3, -0.25) is 0 Å². The molecular formula is C18H25IN4OS. The first-order valence-electron chi connectivity index (χ1n) is 8.36. The number of anilines is 1. The maximum absolute atomic E-state index is 9.57. The van der Waals surface area contributed by atoms with Crippen molar-refractivity contribution in [3.63, 3.8) is 0 Å². The summed E-state index contributed by atoms with van der Waals surface area (Å²) in [7, 11) is 0. The van der Waals surface area contributed by atoms with Crippen molar-refractivity contribution in [2.45, 2.75) is 13.5 Å². The van der Waals surface area contributed by atoms with Gasteiger partial charge in [-0.05, 0) is 42.1 Å². The average Bonchev–Trinajstić information content (AvgIpc) is 3.13. The largest absolute Gasteiger partial charge is 0.508 e. The molecule has 1 aromatic heterocycles. The minimum atomic E-state index is 0. The lowest BCUT2D eigenvalue weighted by atomic mass is 10.2. The van der Waals surface area contributed by atoms with E-state index >= 15 is 0 Å². The Morgan fingerprint density at radius 2 is 2.00 bits per heavy atom. The first kappa shape index (κ1) is 19.8. The van der Waals surface area contributed by atoms with Gasteiger partial charge in [0.25, 0.3) is 0 Å². The molecule has 1 saturated heterocycles. The molecule has 0 radical (unpaired) electrons. The molecule has 2 aromatic rings. The van der Waals surface area contributed by atoms with Gasteiger partial charge in [0.2, 0.25) is 0 Å². The molecule has 3 rings (SSSR count). The first-order valence-corrected chi connectivity index (χ1v) is 9.24. The second kappa shape index (κ2) is 9.86. The number of halogens is 1. The van der Waals surface area contributed by atoms with Gasteiger partial charge in [0, 0.05) is 32.7 Å². The molecular weight excluding hydrogens is 447 g/mol. The zero-order valence-electron chi connectivity index (χ0n) is 14.4. The SMILES string of the molecule is CCNC(=NCc1cccc(O)c1)N1CCN(c2cccs2)CC1.I. The van der Waals surface area contributed by atoms with Crippen molar-refractivity contribution >= 4 is 46.3 Å². The molecule has 0 saturated carbocycles. The molecule has 0 spiro atoms. The summed E-state index contributed by atoms with van der Waals surface area (Å²) in [6.07, 6.45) is 0. The Balaban J connectivity index is 0.00000225. The first-order chi connectivity index (χ1) is 11.8. The van der Waals surface area contributed by atoms with E-state index in [1.165, 1.54) is 5.00 Å². The van der Waals surface area contributed by atoms with Crippen molar-refractivity contribution in [2.75, 3.05) is 37.6 Å².